The Balaban J connectivity index is 1.59. The van der Waals surface area contributed by atoms with Gasteiger partial charge in [0.15, 0.2) is 15.0 Å². The van der Waals surface area contributed by atoms with Crippen molar-refractivity contribution in [2.45, 2.75) is 38.4 Å². The molecule has 0 N–H and O–H groups in total. The lowest BCUT2D eigenvalue weighted by Gasteiger charge is -2.30. The Morgan fingerprint density at radius 1 is 1.19 bits per heavy atom. The van der Waals surface area contributed by atoms with Crippen LogP contribution in [0.25, 0.3) is 16.7 Å². The van der Waals surface area contributed by atoms with Crippen LogP contribution in [0.1, 0.15) is 25.8 Å². The van der Waals surface area contributed by atoms with Crippen LogP contribution in [0.4, 0.5) is 0 Å². The van der Waals surface area contributed by atoms with Crippen molar-refractivity contribution < 1.29 is 13.2 Å². The second-order valence-corrected chi connectivity index (χ2v) is 12.0. The summed E-state index contributed by atoms with van der Waals surface area (Å²) in [4.78, 5) is 19.8. The molecule has 1 aliphatic heterocycles. The summed E-state index contributed by atoms with van der Waals surface area (Å²) in [5.74, 6) is 0.685. The molecule has 2 aromatic carbocycles. The van der Waals surface area contributed by atoms with Crippen LogP contribution in [-0.2, 0) is 14.6 Å². The minimum atomic E-state index is -3.06. The highest BCUT2D eigenvalue weighted by Gasteiger charge is 2.35. The van der Waals surface area contributed by atoms with E-state index < -0.39 is 9.84 Å². The summed E-state index contributed by atoms with van der Waals surface area (Å²) in [7, 11) is -3.06. The Morgan fingerprint density at radius 3 is 2.56 bits per heavy atom. The molecule has 0 radical (unpaired) electrons. The molecule has 1 fully saturated rings. The molecule has 0 saturated carbocycles. The molecule has 1 aromatic heterocycles. The van der Waals surface area contributed by atoms with Gasteiger partial charge >= 0.3 is 0 Å². The van der Waals surface area contributed by atoms with Crippen LogP contribution >= 0.6 is 11.8 Å². The largest absolute Gasteiger partial charge is 0.338 e. The van der Waals surface area contributed by atoms with Crippen LogP contribution in [0.5, 0.6) is 0 Å². The van der Waals surface area contributed by atoms with E-state index in [1.54, 1.807) is 4.90 Å². The lowest BCUT2D eigenvalue weighted by Crippen LogP contribution is -2.44. The van der Waals surface area contributed by atoms with E-state index in [1.807, 2.05) is 38.1 Å². The van der Waals surface area contributed by atoms with Crippen molar-refractivity contribution in [3.05, 3.63) is 54.1 Å². The zero-order valence-corrected chi connectivity index (χ0v) is 20.3. The van der Waals surface area contributed by atoms with Gasteiger partial charge in [-0.2, -0.15) is 0 Å². The quantitative estimate of drug-likeness (QED) is 0.485. The van der Waals surface area contributed by atoms with Crippen molar-refractivity contribution >= 4 is 38.5 Å². The molecule has 1 unspecified atom stereocenters. The van der Waals surface area contributed by atoms with Gasteiger partial charge in [-0.25, -0.2) is 13.4 Å². The van der Waals surface area contributed by atoms with Crippen molar-refractivity contribution in [2.75, 3.05) is 23.8 Å². The van der Waals surface area contributed by atoms with E-state index in [-0.39, 0.29) is 35.1 Å². The zero-order valence-electron chi connectivity index (χ0n) is 18.7. The second-order valence-electron chi connectivity index (χ2n) is 8.84. The molecule has 0 aliphatic carbocycles. The standard InChI is InChI=1S/C24H29N3O3S2/c1-17(2)14-26(20-12-13-32(29,30)16-20)23(28)15-31-24-25-21-6-4-5-7-22(21)27(24)19-10-8-18(3)9-11-19/h4-11,17,20H,12-16H2,1-3H3. The van der Waals surface area contributed by atoms with Crippen molar-refractivity contribution in [3.8, 4) is 5.69 Å². The normalized spacial score (nSPS) is 17.8. The van der Waals surface area contributed by atoms with E-state index in [0.717, 1.165) is 21.9 Å². The highest BCUT2D eigenvalue weighted by molar-refractivity contribution is 7.99. The molecular weight excluding hydrogens is 442 g/mol. The average Bonchev–Trinajstić information content (AvgIpc) is 3.30. The number of sulfone groups is 1. The number of aromatic nitrogens is 2. The van der Waals surface area contributed by atoms with Crippen molar-refractivity contribution in [2.24, 2.45) is 5.92 Å². The van der Waals surface area contributed by atoms with Gasteiger partial charge < -0.3 is 4.90 Å². The third kappa shape index (κ3) is 5.02. The number of fused-ring (bicyclic) bond motifs is 1. The number of hydrogen-bond acceptors (Lipinski definition) is 5. The number of thioether (sulfide) groups is 1. The van der Waals surface area contributed by atoms with Crippen molar-refractivity contribution in [1.82, 2.24) is 14.5 Å². The number of hydrogen-bond donors (Lipinski definition) is 0. The lowest BCUT2D eigenvalue weighted by molar-refractivity contribution is -0.130. The van der Waals surface area contributed by atoms with E-state index in [9.17, 15) is 13.2 Å². The van der Waals surface area contributed by atoms with Crippen molar-refractivity contribution in [3.63, 3.8) is 0 Å². The molecular formula is C24H29N3O3S2. The number of carbonyl (C=O) groups is 1. The molecule has 8 heteroatoms. The molecule has 32 heavy (non-hydrogen) atoms. The lowest BCUT2D eigenvalue weighted by atomic mass is 10.1. The summed E-state index contributed by atoms with van der Waals surface area (Å²) in [6.45, 7) is 6.71. The summed E-state index contributed by atoms with van der Waals surface area (Å²) >= 11 is 1.41. The Morgan fingerprint density at radius 2 is 1.91 bits per heavy atom. The number of aryl methyl sites for hydroxylation is 1. The Bertz CT molecular complexity index is 1220. The smallest absolute Gasteiger partial charge is 0.233 e. The number of rotatable bonds is 7. The summed E-state index contributed by atoms with van der Waals surface area (Å²) in [6.07, 6.45) is 0.521. The summed E-state index contributed by atoms with van der Waals surface area (Å²) in [5, 5.41) is 0.756. The first-order valence-corrected chi connectivity index (χ1v) is 13.7. The predicted molar refractivity (Wildman–Crippen MR) is 130 cm³/mol. The molecule has 0 spiro atoms. The fourth-order valence-corrected chi connectivity index (χ4v) is 6.77. The van der Waals surface area contributed by atoms with Crippen LogP contribution in [0.15, 0.2) is 53.7 Å². The first-order valence-electron chi connectivity index (χ1n) is 10.9. The maximum Gasteiger partial charge on any atom is 0.233 e. The average molecular weight is 472 g/mol. The van der Waals surface area contributed by atoms with Gasteiger partial charge in [0, 0.05) is 18.3 Å². The third-order valence-corrected chi connectivity index (χ3v) is 8.35. The summed E-state index contributed by atoms with van der Waals surface area (Å²) in [6, 6.07) is 16.0. The number of imidazole rings is 1. The highest BCUT2D eigenvalue weighted by Crippen LogP contribution is 2.29. The predicted octanol–water partition coefficient (Wildman–Crippen LogP) is 4.10. The number of nitrogens with zero attached hydrogens (tertiary/aromatic N) is 3. The Kier molecular flexibility index (Phi) is 6.62. The van der Waals surface area contributed by atoms with Gasteiger partial charge in [-0.3, -0.25) is 9.36 Å². The molecule has 1 saturated heterocycles. The van der Waals surface area contributed by atoms with Crippen molar-refractivity contribution in [1.29, 1.82) is 0 Å². The topological polar surface area (TPSA) is 72.3 Å². The summed E-state index contributed by atoms with van der Waals surface area (Å²) in [5.41, 5.74) is 4.05. The van der Waals surface area contributed by atoms with Gasteiger partial charge in [0.1, 0.15) is 0 Å². The van der Waals surface area contributed by atoms with Gasteiger partial charge in [-0.05, 0) is 43.5 Å². The molecule has 1 amide bonds. The molecule has 1 atom stereocenters. The van der Waals surface area contributed by atoms with E-state index in [4.69, 9.17) is 4.98 Å². The van der Waals surface area contributed by atoms with Gasteiger partial charge in [0.25, 0.3) is 0 Å². The second kappa shape index (κ2) is 9.27. The number of amides is 1. The molecule has 2 heterocycles. The third-order valence-electron chi connectivity index (χ3n) is 5.68. The molecule has 6 nitrogen and oxygen atoms in total. The first kappa shape index (κ1) is 22.9. The fraction of sp³-hybridized carbons (Fsp3) is 0.417. The van der Waals surface area contributed by atoms with Gasteiger partial charge in [0.2, 0.25) is 5.91 Å². The van der Waals surface area contributed by atoms with Gasteiger partial charge in [-0.15, -0.1) is 0 Å². The van der Waals surface area contributed by atoms with Crippen LogP contribution in [-0.4, -0.2) is 58.6 Å². The number of carbonyl (C=O) groups excluding carboxylic acids is 1. The van der Waals surface area contributed by atoms with Crippen LogP contribution in [0, 0.1) is 12.8 Å². The maximum absolute atomic E-state index is 13.2. The molecule has 170 valence electrons. The maximum atomic E-state index is 13.2. The highest BCUT2D eigenvalue weighted by atomic mass is 32.2. The van der Waals surface area contributed by atoms with Gasteiger partial charge in [-0.1, -0.05) is 55.4 Å². The van der Waals surface area contributed by atoms with Crippen LogP contribution < -0.4 is 0 Å². The number of para-hydroxylation sites is 2. The monoisotopic (exact) mass is 471 g/mol. The summed E-state index contributed by atoms with van der Waals surface area (Å²) < 4.78 is 26.1. The number of benzene rings is 2. The first-order chi connectivity index (χ1) is 15.2. The van der Waals surface area contributed by atoms with Gasteiger partial charge in [0.05, 0.1) is 28.3 Å². The zero-order chi connectivity index (χ0) is 22.9. The minimum absolute atomic E-state index is 0.0340. The van der Waals surface area contributed by atoms with E-state index in [2.05, 4.69) is 35.8 Å². The van der Waals surface area contributed by atoms with Crippen LogP contribution in [0.2, 0.25) is 0 Å². The minimum Gasteiger partial charge on any atom is -0.338 e. The molecule has 1 aliphatic rings. The molecule has 0 bridgehead atoms. The van der Waals surface area contributed by atoms with E-state index in [0.29, 0.717) is 13.0 Å². The Hall–Kier alpha value is -2.32. The van der Waals surface area contributed by atoms with E-state index >= 15 is 0 Å². The van der Waals surface area contributed by atoms with E-state index in [1.165, 1.54) is 17.3 Å². The molecule has 4 rings (SSSR count). The SMILES string of the molecule is Cc1ccc(-n2c(SCC(=O)N(CC(C)C)C3CCS(=O)(=O)C3)nc3ccccc32)cc1. The van der Waals surface area contributed by atoms with Crippen LogP contribution in [0.3, 0.4) is 0 Å². The fourth-order valence-electron chi connectivity index (χ4n) is 4.12. The molecule has 3 aromatic rings. The Labute approximate surface area is 193 Å².